The molecule has 0 amide bonds. The molecular weight excluding hydrogens is 2280 g/mol. The van der Waals surface area contributed by atoms with Gasteiger partial charge in [0.05, 0.1) is 22.6 Å². The molecule has 0 atom stereocenters. The fourth-order valence-corrected chi connectivity index (χ4v) is 14.8. The molecule has 0 aliphatic heterocycles. The number of allylic oxidation sites excluding steroid dienone is 4. The molecule has 1 aliphatic rings. The number of rotatable bonds is 19. The van der Waals surface area contributed by atoms with E-state index in [4.69, 9.17) is 9.40 Å². The Balaban J connectivity index is 0.000000234. The van der Waals surface area contributed by atoms with Crippen molar-refractivity contribution < 1.29 is 105 Å². The summed E-state index contributed by atoms with van der Waals surface area (Å²) in [5.74, 6) is 2.96. The number of ketones is 2. The molecule has 0 fully saturated rings. The molecule has 0 saturated heterocycles. The summed E-state index contributed by atoms with van der Waals surface area (Å²) in [6.45, 7) is 38.0. The number of aliphatic hydroxyl groups is 2. The minimum absolute atomic E-state index is 0. The first-order valence-corrected chi connectivity index (χ1v) is 43.0. The van der Waals surface area contributed by atoms with E-state index in [9.17, 15) is 19.8 Å². The van der Waals surface area contributed by atoms with Gasteiger partial charge in [0.15, 0.2) is 11.6 Å². The summed E-state index contributed by atoms with van der Waals surface area (Å²) in [5, 5.41) is 22.3. The average Bonchev–Trinajstić information content (AvgIpc) is 1.27. The molecule has 0 unspecified atom stereocenters. The summed E-state index contributed by atoms with van der Waals surface area (Å²) < 4.78 is 6.26. The van der Waals surface area contributed by atoms with Gasteiger partial charge in [-0.3, -0.25) is 14.6 Å². The number of benzene rings is 9. The van der Waals surface area contributed by atoms with Crippen molar-refractivity contribution >= 4 is 44.4 Å². The van der Waals surface area contributed by atoms with Gasteiger partial charge in [0.2, 0.25) is 0 Å². The van der Waals surface area contributed by atoms with E-state index >= 15 is 0 Å². The van der Waals surface area contributed by atoms with Gasteiger partial charge in [-0.1, -0.05) is 243 Å². The van der Waals surface area contributed by atoms with Crippen LogP contribution in [0.5, 0.6) is 0 Å². The molecule has 0 saturated carbocycles. The van der Waals surface area contributed by atoms with Gasteiger partial charge < -0.3 is 34.6 Å². The second-order valence-corrected chi connectivity index (χ2v) is 34.6. The van der Waals surface area contributed by atoms with Crippen LogP contribution in [0.4, 0.5) is 0 Å². The van der Waals surface area contributed by atoms with Crippen molar-refractivity contribution in [2.24, 2.45) is 29.6 Å². The van der Waals surface area contributed by atoms with Crippen LogP contribution in [0.3, 0.4) is 0 Å². The predicted octanol–water partition coefficient (Wildman–Crippen LogP) is 29.5. The maximum atomic E-state index is 11.2. The Hall–Kier alpha value is -10.2. The third-order valence-electron chi connectivity index (χ3n) is 20.5. The maximum absolute atomic E-state index is 11.2. The number of fused-ring (bicyclic) bond motifs is 7. The molecule has 6 heterocycles. The molecule has 0 bridgehead atoms. The smallest absolute Gasteiger partial charge is 0.159 e. The number of aryl methyl sites for hydroxylation is 4. The van der Waals surface area contributed by atoms with Crippen LogP contribution in [0.25, 0.3) is 111 Å². The van der Waals surface area contributed by atoms with E-state index < -0.39 is 0 Å². The minimum atomic E-state index is -0.0118. The first kappa shape index (κ1) is 106. The van der Waals surface area contributed by atoms with E-state index in [1.54, 1.807) is 12.4 Å². The van der Waals surface area contributed by atoms with E-state index in [-0.39, 0.29) is 109 Å². The van der Waals surface area contributed by atoms with Crippen LogP contribution >= 0.6 is 0 Å². The number of aliphatic hydroxyl groups excluding tert-OH is 2. The molecule has 9 aromatic carbocycles. The number of para-hydroxylation sites is 1. The van der Waals surface area contributed by atoms with Gasteiger partial charge in [0, 0.05) is 159 Å². The number of nitrogens with zero attached hydrogens (tertiary/aromatic N) is 5. The average molecular weight is 2400 g/mol. The summed E-state index contributed by atoms with van der Waals surface area (Å²) in [6, 6.07) is 99.0. The normalized spacial score (nSPS) is 11.5. The van der Waals surface area contributed by atoms with Crippen molar-refractivity contribution in [1.29, 1.82) is 0 Å². The Morgan fingerprint density at radius 2 is 0.929 bits per heavy atom. The maximum Gasteiger partial charge on any atom is 0.159 e. The van der Waals surface area contributed by atoms with Gasteiger partial charge in [0.1, 0.15) is 5.58 Å². The minimum Gasteiger partial charge on any atom is -0.512 e. The van der Waals surface area contributed by atoms with Crippen molar-refractivity contribution in [2.45, 2.75) is 168 Å². The Bertz CT molecular complexity index is 5890. The fourth-order valence-electron chi connectivity index (χ4n) is 14.8. The van der Waals surface area contributed by atoms with Crippen molar-refractivity contribution in [1.82, 2.24) is 24.9 Å². The standard InChI is InChI=1S/C30H30N.C20H16NO.C18H14N.C12H10N.C11H8N.2C11H20O2.4Ir/c1-18(2)11-21-15-28(22-13-19(3)12-20(4)14-22)31-29-17-27-25(16-24(21)29)23-9-7-8-10-26(23)30(27,5)6;1-13(2)14-7-5-8-15-16-9-6-10-17(20(16)22-19(14)15)18-11-3-4-12-21-18;1-14-7-9-15(10-8-14)17-11-12-19-18(13-17)16-5-3-2-4-6-16;1-10-7-8-12(13-9-10)11-5-3-2-4-6-11;1-2-6-10(7-3-1)11-8-4-5-9-12-11;2*1-8(2)5-10(12)7-11(13)6-9(3)4;;;;/h7-10,12-13,15-18H,11H2,1-6H3;3-9,11-13H,1-2H3;2-5,7-13H,1H3;2-5,7-9H,1H3;1-6,8-9H;2*7-9,12H,5-6H2,1-4H3;;;;/q5*-1;;;;;;. The monoisotopic (exact) mass is 2400 g/mol. The molecule has 15 aromatic rings. The predicted molar refractivity (Wildman–Crippen MR) is 511 cm³/mol. The van der Waals surface area contributed by atoms with E-state index in [1.165, 1.54) is 78.7 Å². The van der Waals surface area contributed by atoms with Crippen molar-refractivity contribution in [3.63, 3.8) is 0 Å². The Kier molecular flexibility index (Phi) is 43.0. The number of hydrogen-bond acceptors (Lipinski definition) is 10. The second kappa shape index (κ2) is 51.7. The van der Waals surface area contributed by atoms with Crippen LogP contribution in [0, 0.1) is 87.6 Å². The van der Waals surface area contributed by atoms with Gasteiger partial charge in [0.25, 0.3) is 0 Å². The second-order valence-electron chi connectivity index (χ2n) is 34.6. The molecule has 1 aliphatic carbocycles. The molecule has 127 heavy (non-hydrogen) atoms. The van der Waals surface area contributed by atoms with E-state index in [0.29, 0.717) is 61.2 Å². The third-order valence-corrected chi connectivity index (χ3v) is 20.5. The van der Waals surface area contributed by atoms with Crippen molar-refractivity contribution in [2.75, 3.05) is 0 Å². The molecule has 14 heteroatoms. The van der Waals surface area contributed by atoms with Crippen LogP contribution in [-0.2, 0) is 102 Å². The molecule has 4 radical (unpaired) electrons. The van der Waals surface area contributed by atoms with Crippen LogP contribution in [0.15, 0.2) is 296 Å². The summed E-state index contributed by atoms with van der Waals surface area (Å²) in [5.41, 5.74) is 28.3. The number of carbonyl (C=O) groups is 2. The van der Waals surface area contributed by atoms with Gasteiger partial charge in [-0.05, 0) is 165 Å². The zero-order valence-electron chi connectivity index (χ0n) is 76.2. The number of carbonyl (C=O) groups excluding carboxylic acids is 2. The van der Waals surface area contributed by atoms with Crippen LogP contribution in [0.1, 0.15) is 173 Å². The fraction of sp³-hybridized carbons (Fsp3) is 0.265. The molecule has 666 valence electrons. The summed E-state index contributed by atoms with van der Waals surface area (Å²) >= 11 is 0. The largest absolute Gasteiger partial charge is 0.512 e. The van der Waals surface area contributed by atoms with Gasteiger partial charge in [-0.25, -0.2) is 0 Å². The number of pyridine rings is 5. The molecular formula is C113H118Ir4N5O5-5. The topological polar surface area (TPSA) is 152 Å². The summed E-state index contributed by atoms with van der Waals surface area (Å²) in [7, 11) is 0. The molecule has 2 N–H and O–H groups in total. The molecule has 10 nitrogen and oxygen atoms in total. The number of aromatic nitrogens is 5. The summed E-state index contributed by atoms with van der Waals surface area (Å²) in [4.78, 5) is 45.0. The van der Waals surface area contributed by atoms with Gasteiger partial charge in [-0.15, -0.1) is 161 Å². The van der Waals surface area contributed by atoms with E-state index in [2.05, 4.69) is 228 Å². The summed E-state index contributed by atoms with van der Waals surface area (Å²) in [6.07, 6.45) is 13.3. The van der Waals surface area contributed by atoms with E-state index in [0.717, 1.165) is 95.7 Å². The quantitative estimate of drug-likeness (QED) is 0.0455. The number of hydrogen-bond donors (Lipinski definition) is 2. The Morgan fingerprint density at radius 3 is 1.45 bits per heavy atom. The van der Waals surface area contributed by atoms with Gasteiger partial charge >= 0.3 is 0 Å². The third kappa shape index (κ3) is 31.3. The SMILES string of the molecule is CC(C)CC(=O)C=C(O)CC(C)C.CC(C)CC(=O)C=C(O)CC(C)C.CC(C)c1cccc2c1oc1c(-c3ccccn3)[c-]ccc12.Cc1[c-]c(-c2cc(CC(C)C)c3cc4c(cc3n2)C(C)(C)c2ccccc2-4)cc(C)c1.Cc1ccc(-c2[c-]cccc2)nc1.Cc1ccc(-c2ccnc(-c3[c-]cccc3)c2)cc1.[Ir].[Ir].[Ir].[Ir].[c-]1ccccc1-c1ccccn1. The number of furan rings is 1. The molecule has 0 spiro atoms. The zero-order chi connectivity index (χ0) is 88.3. The van der Waals surface area contributed by atoms with Crippen molar-refractivity contribution in [3.8, 4) is 78.5 Å². The molecule has 16 rings (SSSR count). The Morgan fingerprint density at radius 1 is 0.402 bits per heavy atom. The van der Waals surface area contributed by atoms with Gasteiger partial charge in [-0.2, -0.15) is 0 Å². The zero-order valence-corrected chi connectivity index (χ0v) is 85.8. The van der Waals surface area contributed by atoms with E-state index in [1.807, 2.05) is 202 Å². The van der Waals surface area contributed by atoms with Crippen LogP contribution < -0.4 is 0 Å². The van der Waals surface area contributed by atoms with Crippen molar-refractivity contribution in [3.05, 3.63) is 366 Å². The molecule has 6 aromatic heterocycles. The Labute approximate surface area is 809 Å². The van der Waals surface area contributed by atoms with Crippen LogP contribution in [-0.4, -0.2) is 46.7 Å². The first-order chi connectivity index (χ1) is 59.0. The van der Waals surface area contributed by atoms with Crippen LogP contribution in [0.2, 0.25) is 0 Å². The first-order valence-electron chi connectivity index (χ1n) is 43.0.